The number of rotatable bonds is 2. The van der Waals surface area contributed by atoms with Crippen molar-refractivity contribution in [2.45, 2.75) is 6.92 Å². The van der Waals surface area contributed by atoms with Gasteiger partial charge in [-0.1, -0.05) is 54.6 Å². The third-order valence-electron chi connectivity index (χ3n) is 3.43. The summed E-state index contributed by atoms with van der Waals surface area (Å²) in [7, 11) is 0. The lowest BCUT2D eigenvalue weighted by atomic mass is 10.1. The molecule has 0 fully saturated rings. The Hall–Kier alpha value is -3.54. The molecule has 0 radical (unpaired) electrons. The number of aryl methyl sites for hydroxylation is 1. The first-order valence-corrected chi connectivity index (χ1v) is 7.63. The Morgan fingerprint density at radius 2 is 1.64 bits per heavy atom. The molecule has 2 aromatic carbocycles. The third kappa shape index (κ3) is 5.24. The maximum absolute atomic E-state index is 10.6. The van der Waals surface area contributed by atoms with Crippen molar-refractivity contribution in [3.05, 3.63) is 92.3 Å². The van der Waals surface area contributed by atoms with Gasteiger partial charge in [-0.05, 0) is 24.1 Å². The average Bonchev–Trinajstić information content (AvgIpc) is 2.61. The number of anilines is 2. The van der Waals surface area contributed by atoms with Gasteiger partial charge in [0.15, 0.2) is 0 Å². The summed E-state index contributed by atoms with van der Waals surface area (Å²) in [5.41, 5.74) is 14.7. The first-order valence-electron chi connectivity index (χ1n) is 7.63. The summed E-state index contributed by atoms with van der Waals surface area (Å²) in [6.45, 7) is 1.62. The molecule has 6 nitrogen and oxygen atoms in total. The SMILES string of the molecule is Cc1c[nH]c(=O)[nH]c1=O.Nc1cccc(C=Cc2ccccc2)c1N. The molecule has 1 aromatic heterocycles. The first-order chi connectivity index (χ1) is 12.0. The molecule has 0 aliphatic heterocycles. The second-order valence-electron chi connectivity index (χ2n) is 5.35. The molecule has 0 aliphatic rings. The van der Waals surface area contributed by atoms with Gasteiger partial charge in [0.1, 0.15) is 0 Å². The van der Waals surface area contributed by atoms with Crippen molar-refractivity contribution in [2.75, 3.05) is 11.5 Å². The topological polar surface area (TPSA) is 118 Å². The van der Waals surface area contributed by atoms with Crippen LogP contribution in [-0.2, 0) is 0 Å². The molecule has 6 N–H and O–H groups in total. The first kappa shape index (κ1) is 17.8. The second kappa shape index (κ2) is 8.35. The lowest BCUT2D eigenvalue weighted by Crippen LogP contribution is -2.22. The minimum atomic E-state index is -0.467. The zero-order valence-electron chi connectivity index (χ0n) is 13.8. The predicted molar refractivity (Wildman–Crippen MR) is 103 cm³/mol. The van der Waals surface area contributed by atoms with E-state index in [-0.39, 0.29) is 5.56 Å². The fraction of sp³-hybridized carbons (Fsp3) is 0.0526. The van der Waals surface area contributed by atoms with E-state index in [4.69, 9.17) is 11.5 Å². The molecule has 0 bridgehead atoms. The lowest BCUT2D eigenvalue weighted by Gasteiger charge is -2.03. The minimum Gasteiger partial charge on any atom is -0.397 e. The van der Waals surface area contributed by atoms with Crippen molar-refractivity contribution < 1.29 is 0 Å². The number of nitrogens with one attached hydrogen (secondary N) is 2. The number of benzene rings is 2. The Kier molecular flexibility index (Phi) is 5.95. The molecule has 3 aromatic rings. The van der Waals surface area contributed by atoms with E-state index in [0.717, 1.165) is 11.1 Å². The molecule has 0 saturated carbocycles. The number of hydrogen-bond acceptors (Lipinski definition) is 4. The van der Waals surface area contributed by atoms with E-state index < -0.39 is 5.69 Å². The van der Waals surface area contributed by atoms with Gasteiger partial charge < -0.3 is 16.5 Å². The van der Waals surface area contributed by atoms with Gasteiger partial charge in [-0.2, -0.15) is 0 Å². The van der Waals surface area contributed by atoms with Crippen LogP contribution in [0.15, 0.2) is 64.3 Å². The second-order valence-corrected chi connectivity index (χ2v) is 5.35. The number of aromatic amines is 2. The van der Waals surface area contributed by atoms with E-state index in [1.807, 2.05) is 54.6 Å². The van der Waals surface area contributed by atoms with Crippen molar-refractivity contribution in [2.24, 2.45) is 0 Å². The molecule has 0 unspecified atom stereocenters. The Morgan fingerprint density at radius 1 is 0.920 bits per heavy atom. The number of hydrogen-bond donors (Lipinski definition) is 4. The van der Waals surface area contributed by atoms with E-state index >= 15 is 0 Å². The van der Waals surface area contributed by atoms with Crippen LogP contribution in [0, 0.1) is 6.92 Å². The van der Waals surface area contributed by atoms with Crippen molar-refractivity contribution in [3.63, 3.8) is 0 Å². The van der Waals surface area contributed by atoms with Crippen LogP contribution in [0.1, 0.15) is 16.7 Å². The monoisotopic (exact) mass is 336 g/mol. The maximum atomic E-state index is 10.6. The normalized spacial score (nSPS) is 10.3. The molecule has 128 valence electrons. The fourth-order valence-corrected chi connectivity index (χ4v) is 1.97. The quantitative estimate of drug-likeness (QED) is 0.424. The van der Waals surface area contributed by atoms with Gasteiger partial charge in [0.05, 0.1) is 11.4 Å². The van der Waals surface area contributed by atoms with Crippen molar-refractivity contribution in [1.82, 2.24) is 9.97 Å². The highest BCUT2D eigenvalue weighted by molar-refractivity contribution is 5.81. The Balaban J connectivity index is 0.000000212. The highest BCUT2D eigenvalue weighted by atomic mass is 16.2. The van der Waals surface area contributed by atoms with Crippen molar-refractivity contribution >= 4 is 23.5 Å². The van der Waals surface area contributed by atoms with Gasteiger partial charge in [0.25, 0.3) is 5.56 Å². The van der Waals surface area contributed by atoms with E-state index in [1.54, 1.807) is 13.0 Å². The zero-order valence-corrected chi connectivity index (χ0v) is 13.8. The van der Waals surface area contributed by atoms with E-state index in [2.05, 4.69) is 9.97 Å². The number of aromatic nitrogens is 2. The summed E-state index contributed by atoms with van der Waals surface area (Å²) >= 11 is 0. The van der Waals surface area contributed by atoms with Gasteiger partial charge in [-0.15, -0.1) is 0 Å². The van der Waals surface area contributed by atoms with Crippen LogP contribution in [0.25, 0.3) is 12.2 Å². The average molecular weight is 336 g/mol. The van der Waals surface area contributed by atoms with Crippen LogP contribution in [0.3, 0.4) is 0 Å². The van der Waals surface area contributed by atoms with E-state index in [1.165, 1.54) is 6.20 Å². The highest BCUT2D eigenvalue weighted by Gasteiger charge is 1.97. The van der Waals surface area contributed by atoms with Gasteiger partial charge in [0, 0.05) is 11.8 Å². The van der Waals surface area contributed by atoms with E-state index in [9.17, 15) is 9.59 Å². The molecule has 0 saturated heterocycles. The summed E-state index contributed by atoms with van der Waals surface area (Å²) in [5, 5.41) is 0. The maximum Gasteiger partial charge on any atom is 0.325 e. The Labute approximate surface area is 144 Å². The highest BCUT2D eigenvalue weighted by Crippen LogP contribution is 2.21. The largest absolute Gasteiger partial charge is 0.397 e. The van der Waals surface area contributed by atoms with Crippen LogP contribution in [0.5, 0.6) is 0 Å². The standard InChI is InChI=1S/C14H14N2.C5H6N2O2/c15-13-8-4-7-12(14(13)16)10-9-11-5-2-1-3-6-11;1-3-2-6-5(9)7-4(3)8/h1-10H,15-16H2;2H,1H3,(H2,6,7,8,9). The lowest BCUT2D eigenvalue weighted by molar-refractivity contribution is 1.01. The number of nitrogens with two attached hydrogens (primary N) is 2. The Bertz CT molecular complexity index is 972. The summed E-state index contributed by atoms with van der Waals surface area (Å²) in [6, 6.07) is 15.7. The van der Waals surface area contributed by atoms with Crippen molar-refractivity contribution in [3.8, 4) is 0 Å². The summed E-state index contributed by atoms with van der Waals surface area (Å²) in [5.74, 6) is 0. The molecule has 0 amide bonds. The van der Waals surface area contributed by atoms with Crippen LogP contribution < -0.4 is 22.7 Å². The molecular formula is C19H20N4O2. The molecule has 25 heavy (non-hydrogen) atoms. The summed E-state index contributed by atoms with van der Waals surface area (Å²) in [6.07, 6.45) is 5.37. The number of nitrogen functional groups attached to an aromatic ring is 2. The summed E-state index contributed by atoms with van der Waals surface area (Å²) < 4.78 is 0. The van der Waals surface area contributed by atoms with Crippen LogP contribution in [0.4, 0.5) is 11.4 Å². The van der Waals surface area contributed by atoms with Crippen molar-refractivity contribution in [1.29, 1.82) is 0 Å². The fourth-order valence-electron chi connectivity index (χ4n) is 1.97. The number of para-hydroxylation sites is 1. The minimum absolute atomic E-state index is 0.334. The molecule has 1 heterocycles. The van der Waals surface area contributed by atoms with E-state index in [0.29, 0.717) is 16.9 Å². The van der Waals surface area contributed by atoms with Gasteiger partial charge in [0.2, 0.25) is 0 Å². The number of H-pyrrole nitrogens is 2. The molecule has 0 aliphatic carbocycles. The molecular weight excluding hydrogens is 316 g/mol. The molecule has 0 atom stereocenters. The predicted octanol–water partition coefficient (Wildman–Crippen LogP) is 2.39. The molecule has 6 heteroatoms. The smallest absolute Gasteiger partial charge is 0.325 e. The summed E-state index contributed by atoms with van der Waals surface area (Å²) in [4.78, 5) is 25.3. The van der Waals surface area contributed by atoms with Gasteiger partial charge in [-0.25, -0.2) is 4.79 Å². The molecule has 0 spiro atoms. The van der Waals surface area contributed by atoms with Crippen LogP contribution >= 0.6 is 0 Å². The van der Waals surface area contributed by atoms with Crippen LogP contribution in [0.2, 0.25) is 0 Å². The van der Waals surface area contributed by atoms with Gasteiger partial charge in [-0.3, -0.25) is 9.78 Å². The van der Waals surface area contributed by atoms with Gasteiger partial charge >= 0.3 is 5.69 Å². The zero-order chi connectivity index (χ0) is 18.2. The van der Waals surface area contributed by atoms with Crippen LogP contribution in [-0.4, -0.2) is 9.97 Å². The Morgan fingerprint density at radius 3 is 2.28 bits per heavy atom. The third-order valence-corrected chi connectivity index (χ3v) is 3.43. The molecule has 3 rings (SSSR count).